The number of hydrogen-bond acceptors (Lipinski definition) is 4. The van der Waals surface area contributed by atoms with Crippen LogP contribution in [0, 0.1) is 6.92 Å². The van der Waals surface area contributed by atoms with Gasteiger partial charge in [0.15, 0.2) is 0 Å². The third kappa shape index (κ3) is 5.45. The third-order valence-corrected chi connectivity index (χ3v) is 5.05. The van der Waals surface area contributed by atoms with Crippen molar-refractivity contribution >= 4 is 41.4 Å². The number of halogens is 2. The molecule has 0 saturated heterocycles. The van der Waals surface area contributed by atoms with Gasteiger partial charge in [-0.3, -0.25) is 4.99 Å². The van der Waals surface area contributed by atoms with Crippen LogP contribution in [0.4, 0.5) is 0 Å². The minimum Gasteiger partial charge on any atom is -0.491 e. The maximum atomic E-state index is 6.13. The number of aryl methyl sites for hydroxylation is 1. The van der Waals surface area contributed by atoms with Crippen molar-refractivity contribution in [3.63, 3.8) is 0 Å². The molecule has 4 nitrogen and oxygen atoms in total. The minimum absolute atomic E-state index is 0. The summed E-state index contributed by atoms with van der Waals surface area (Å²) in [6.07, 6.45) is 0. The quantitative estimate of drug-likeness (QED) is 0.582. The highest BCUT2D eigenvalue weighted by molar-refractivity contribution is 6.06. The normalized spacial score (nSPS) is 12.7. The molecule has 1 N–H and O–H groups in total. The summed E-state index contributed by atoms with van der Waals surface area (Å²) in [4.78, 5) is 6.75. The van der Waals surface area contributed by atoms with Gasteiger partial charge in [-0.25, -0.2) is 0 Å². The highest BCUT2D eigenvalue weighted by atomic mass is 35.5. The number of likely N-dealkylation sites (N-methyl/N-ethyl adjacent to an activating group) is 1. The summed E-state index contributed by atoms with van der Waals surface area (Å²) in [6, 6.07) is 19.6. The van der Waals surface area contributed by atoms with E-state index in [0.29, 0.717) is 6.61 Å². The molecule has 0 spiro atoms. The fraction of sp³-hybridized carbons (Fsp3) is 0.292. The fourth-order valence-corrected chi connectivity index (χ4v) is 3.42. The van der Waals surface area contributed by atoms with Gasteiger partial charge in [0.2, 0.25) is 0 Å². The molecule has 0 saturated carbocycles. The summed E-state index contributed by atoms with van der Waals surface area (Å²) in [6.45, 7) is 5.34. The van der Waals surface area contributed by atoms with Crippen molar-refractivity contribution in [3.05, 3.63) is 65.7 Å². The van der Waals surface area contributed by atoms with E-state index < -0.39 is 0 Å². The zero-order chi connectivity index (χ0) is 19.5. The highest BCUT2D eigenvalue weighted by Gasteiger charge is 2.15. The Balaban J connectivity index is 0.00000160. The Morgan fingerprint density at radius 2 is 1.67 bits per heavy atom. The van der Waals surface area contributed by atoms with Crippen LogP contribution in [-0.2, 0) is 0 Å². The van der Waals surface area contributed by atoms with Gasteiger partial charge in [-0.1, -0.05) is 42.0 Å². The zero-order valence-corrected chi connectivity index (χ0v) is 19.3. The summed E-state index contributed by atoms with van der Waals surface area (Å²) < 4.78 is 6.13. The summed E-state index contributed by atoms with van der Waals surface area (Å²) in [5, 5.41) is 5.77. The van der Waals surface area contributed by atoms with Gasteiger partial charge in [-0.05, 0) is 61.1 Å². The maximum Gasteiger partial charge on any atom is 0.132 e. The number of hydrogen-bond donors (Lipinski definition) is 1. The molecule has 1 aliphatic rings. The molecule has 0 radical (unpaired) electrons. The molecule has 0 unspecified atom stereocenters. The van der Waals surface area contributed by atoms with Crippen LogP contribution in [0.5, 0.6) is 5.75 Å². The molecule has 160 valence electrons. The van der Waals surface area contributed by atoms with E-state index in [0.717, 1.165) is 36.8 Å². The highest BCUT2D eigenvalue weighted by Crippen LogP contribution is 2.31. The molecule has 0 amide bonds. The lowest BCUT2D eigenvalue weighted by Crippen LogP contribution is -2.22. The van der Waals surface area contributed by atoms with Crippen LogP contribution in [0.15, 0.2) is 59.6 Å². The summed E-state index contributed by atoms with van der Waals surface area (Å²) in [5.41, 5.74) is 4.78. The van der Waals surface area contributed by atoms with E-state index in [9.17, 15) is 0 Å². The predicted molar refractivity (Wildman–Crippen MR) is 132 cm³/mol. The van der Waals surface area contributed by atoms with Gasteiger partial charge in [0, 0.05) is 13.1 Å². The summed E-state index contributed by atoms with van der Waals surface area (Å²) in [7, 11) is 4.11. The molecular weight excluding hydrogens is 417 g/mol. The van der Waals surface area contributed by atoms with E-state index >= 15 is 0 Å². The van der Waals surface area contributed by atoms with E-state index in [1.165, 1.54) is 27.5 Å². The molecule has 6 heteroatoms. The summed E-state index contributed by atoms with van der Waals surface area (Å²) >= 11 is 0. The molecule has 0 bridgehead atoms. The average Bonchev–Trinajstić information content (AvgIpc) is 3.22. The van der Waals surface area contributed by atoms with Crippen LogP contribution in [0.3, 0.4) is 0 Å². The fourth-order valence-electron chi connectivity index (χ4n) is 3.42. The van der Waals surface area contributed by atoms with Crippen LogP contribution in [0.2, 0.25) is 0 Å². The molecule has 0 fully saturated rings. The number of amidine groups is 1. The Labute approximate surface area is 191 Å². The Morgan fingerprint density at radius 1 is 0.933 bits per heavy atom. The molecule has 0 aliphatic carbocycles. The van der Waals surface area contributed by atoms with Crippen LogP contribution >= 0.6 is 24.8 Å². The summed E-state index contributed by atoms with van der Waals surface area (Å²) in [5.74, 6) is 1.83. The van der Waals surface area contributed by atoms with Gasteiger partial charge in [-0.2, -0.15) is 0 Å². The second-order valence-electron chi connectivity index (χ2n) is 7.59. The number of rotatable bonds is 6. The number of nitrogens with zero attached hydrogens (tertiary/aromatic N) is 2. The second kappa shape index (κ2) is 10.7. The monoisotopic (exact) mass is 445 g/mol. The van der Waals surface area contributed by atoms with E-state index in [-0.39, 0.29) is 24.8 Å². The van der Waals surface area contributed by atoms with Gasteiger partial charge in [0.1, 0.15) is 18.2 Å². The number of benzene rings is 3. The molecule has 0 atom stereocenters. The first-order valence-electron chi connectivity index (χ1n) is 9.81. The van der Waals surface area contributed by atoms with E-state index in [1.807, 2.05) is 0 Å². The first kappa shape index (κ1) is 24.0. The molecule has 1 heterocycles. The first-order chi connectivity index (χ1) is 13.6. The van der Waals surface area contributed by atoms with Gasteiger partial charge in [-0.15, -0.1) is 24.8 Å². The number of nitrogens with one attached hydrogen (secondary N) is 1. The van der Waals surface area contributed by atoms with Crippen molar-refractivity contribution in [1.82, 2.24) is 10.2 Å². The molecule has 3 aromatic rings. The van der Waals surface area contributed by atoms with Crippen molar-refractivity contribution in [2.45, 2.75) is 6.92 Å². The van der Waals surface area contributed by atoms with Crippen LogP contribution in [0.1, 0.15) is 11.1 Å². The third-order valence-electron chi connectivity index (χ3n) is 5.05. The van der Waals surface area contributed by atoms with Crippen LogP contribution in [0.25, 0.3) is 21.9 Å². The number of ether oxygens (including phenoxy) is 1. The Hall–Kier alpha value is -2.27. The molecule has 1 aliphatic heterocycles. The van der Waals surface area contributed by atoms with Gasteiger partial charge < -0.3 is 15.0 Å². The lowest BCUT2D eigenvalue weighted by molar-refractivity contribution is 0.261. The van der Waals surface area contributed by atoms with Crippen molar-refractivity contribution < 1.29 is 4.74 Å². The first-order valence-corrected chi connectivity index (χ1v) is 9.81. The Morgan fingerprint density at radius 3 is 2.33 bits per heavy atom. The second-order valence-corrected chi connectivity index (χ2v) is 7.59. The molecule has 3 aromatic carbocycles. The van der Waals surface area contributed by atoms with E-state index in [1.54, 1.807) is 0 Å². The Bertz CT molecular complexity index is 1020. The van der Waals surface area contributed by atoms with Crippen molar-refractivity contribution in [2.24, 2.45) is 4.99 Å². The standard InChI is InChI=1S/C24H27N3O.2ClH/c1-17-4-6-18(7-5-17)19-8-9-20-16-23(28-13-12-27(2)3)22(15-21(20)14-19)24-25-10-11-26-24;;/h4-9,14-16H,10-13H2,1-3H3,(H,25,26);2*1H. The van der Waals surface area contributed by atoms with Crippen molar-refractivity contribution in [3.8, 4) is 16.9 Å². The largest absolute Gasteiger partial charge is 0.491 e. The van der Waals surface area contributed by atoms with E-state index in [4.69, 9.17) is 4.74 Å². The van der Waals surface area contributed by atoms with E-state index in [2.05, 4.69) is 90.8 Å². The zero-order valence-electron chi connectivity index (χ0n) is 17.6. The molecule has 30 heavy (non-hydrogen) atoms. The minimum atomic E-state index is 0. The topological polar surface area (TPSA) is 36.9 Å². The predicted octanol–water partition coefficient (Wildman–Crippen LogP) is 4.95. The van der Waals surface area contributed by atoms with Crippen LogP contribution in [-0.4, -0.2) is 51.1 Å². The van der Waals surface area contributed by atoms with Crippen molar-refractivity contribution in [2.75, 3.05) is 40.3 Å². The lowest BCUT2D eigenvalue weighted by Gasteiger charge is -2.16. The maximum absolute atomic E-state index is 6.13. The number of aliphatic imine (C=N–C) groups is 1. The van der Waals surface area contributed by atoms with Gasteiger partial charge in [0.25, 0.3) is 0 Å². The average molecular weight is 446 g/mol. The molecule has 0 aromatic heterocycles. The Kier molecular flexibility index (Phi) is 8.54. The molecular formula is C24H29Cl2N3O. The SMILES string of the molecule is Cc1ccc(-c2ccc3cc(OCCN(C)C)c(C4=NCCN4)cc3c2)cc1.Cl.Cl. The van der Waals surface area contributed by atoms with Crippen LogP contribution < -0.4 is 10.1 Å². The van der Waals surface area contributed by atoms with Gasteiger partial charge in [0.05, 0.1) is 12.1 Å². The van der Waals surface area contributed by atoms with Crippen molar-refractivity contribution in [1.29, 1.82) is 0 Å². The lowest BCUT2D eigenvalue weighted by atomic mass is 9.98. The smallest absolute Gasteiger partial charge is 0.132 e. The van der Waals surface area contributed by atoms with Gasteiger partial charge >= 0.3 is 0 Å². The number of fused-ring (bicyclic) bond motifs is 1. The molecule has 4 rings (SSSR count).